The lowest BCUT2D eigenvalue weighted by molar-refractivity contribution is -0.906. The Bertz CT molecular complexity index is 960. The summed E-state index contributed by atoms with van der Waals surface area (Å²) in [6.07, 6.45) is 4.36. The number of aromatic nitrogens is 2. The lowest BCUT2D eigenvalue weighted by atomic mass is 9.99. The van der Waals surface area contributed by atoms with E-state index in [0.717, 1.165) is 35.0 Å². The van der Waals surface area contributed by atoms with Crippen molar-refractivity contribution in [3.05, 3.63) is 48.7 Å². The van der Waals surface area contributed by atoms with Crippen LogP contribution in [-0.4, -0.2) is 48.7 Å². The maximum absolute atomic E-state index is 10.6. The van der Waals surface area contributed by atoms with Gasteiger partial charge in [0.15, 0.2) is 0 Å². The smallest absolute Gasteiger partial charge is 0.137 e. The quantitative estimate of drug-likeness (QED) is 0.562. The predicted octanol–water partition coefficient (Wildman–Crippen LogP) is 3.15. The zero-order valence-corrected chi connectivity index (χ0v) is 17.6. The second-order valence-corrected chi connectivity index (χ2v) is 8.10. The van der Waals surface area contributed by atoms with Crippen molar-refractivity contribution in [3.8, 4) is 39.6 Å². The maximum atomic E-state index is 10.6. The van der Waals surface area contributed by atoms with Crippen LogP contribution < -0.4 is 14.4 Å². The van der Waals surface area contributed by atoms with Crippen molar-refractivity contribution in [1.82, 2.24) is 10.2 Å². The van der Waals surface area contributed by atoms with Crippen molar-refractivity contribution in [3.63, 3.8) is 0 Å². The monoisotopic (exact) mass is 408 g/mol. The van der Waals surface area contributed by atoms with Gasteiger partial charge in [-0.05, 0) is 48.6 Å². The molecular formula is C24H30N3O3+. The van der Waals surface area contributed by atoms with Crippen molar-refractivity contribution >= 4 is 0 Å². The van der Waals surface area contributed by atoms with Crippen molar-refractivity contribution in [1.29, 1.82) is 0 Å². The van der Waals surface area contributed by atoms with Crippen LogP contribution in [0.1, 0.15) is 19.8 Å². The minimum Gasteiger partial charge on any atom is -0.507 e. The number of piperidine rings is 1. The standard InChI is InChI=1S/C24H29N3O3/c1-17-9-11-27(12-10-17)13-14-30-20-7-8-21(23(28)15-20)24-22(16-25-26-24)18-3-5-19(29-2)6-4-18/h3-8,15-17,28H,9-14H2,1-2H3,(H,25,26)/p+1. The van der Waals surface area contributed by atoms with Gasteiger partial charge in [-0.2, -0.15) is 5.10 Å². The minimum absolute atomic E-state index is 0.172. The molecule has 4 rings (SSSR count). The van der Waals surface area contributed by atoms with Gasteiger partial charge in [0, 0.05) is 17.2 Å². The Hall–Kier alpha value is -2.99. The van der Waals surface area contributed by atoms with Gasteiger partial charge < -0.3 is 19.5 Å². The van der Waals surface area contributed by atoms with E-state index in [1.807, 2.05) is 36.4 Å². The highest BCUT2D eigenvalue weighted by molar-refractivity contribution is 5.83. The number of rotatable bonds is 7. The van der Waals surface area contributed by atoms with E-state index in [1.54, 1.807) is 24.3 Å². The average Bonchev–Trinajstić information content (AvgIpc) is 3.25. The van der Waals surface area contributed by atoms with E-state index in [-0.39, 0.29) is 5.75 Å². The molecule has 30 heavy (non-hydrogen) atoms. The molecule has 2 aromatic carbocycles. The van der Waals surface area contributed by atoms with Gasteiger partial charge in [0.2, 0.25) is 0 Å². The molecule has 0 saturated carbocycles. The van der Waals surface area contributed by atoms with Crippen LogP contribution in [0.3, 0.4) is 0 Å². The molecule has 0 amide bonds. The van der Waals surface area contributed by atoms with Crippen LogP contribution in [0.2, 0.25) is 0 Å². The lowest BCUT2D eigenvalue weighted by Crippen LogP contribution is -3.13. The van der Waals surface area contributed by atoms with Crippen molar-refractivity contribution < 1.29 is 19.5 Å². The minimum atomic E-state index is 0.172. The first-order valence-corrected chi connectivity index (χ1v) is 10.6. The number of aromatic amines is 1. The van der Waals surface area contributed by atoms with Crippen molar-refractivity contribution in [2.24, 2.45) is 5.92 Å². The molecule has 0 atom stereocenters. The topological polar surface area (TPSA) is 71.8 Å². The number of methoxy groups -OCH3 is 1. The molecule has 1 aliphatic heterocycles. The molecule has 0 unspecified atom stereocenters. The largest absolute Gasteiger partial charge is 0.507 e. The molecule has 1 aromatic heterocycles. The van der Waals surface area contributed by atoms with Crippen LogP contribution in [0, 0.1) is 5.92 Å². The van der Waals surface area contributed by atoms with Crippen LogP contribution in [0.25, 0.3) is 22.4 Å². The molecule has 158 valence electrons. The zero-order chi connectivity index (χ0) is 20.9. The summed E-state index contributed by atoms with van der Waals surface area (Å²) >= 11 is 0. The number of benzene rings is 2. The predicted molar refractivity (Wildman–Crippen MR) is 117 cm³/mol. The number of phenolic OH excluding ortho intramolecular Hbond substituents is 1. The van der Waals surface area contributed by atoms with E-state index in [2.05, 4.69) is 17.1 Å². The number of nitrogens with zero attached hydrogens (tertiary/aromatic N) is 1. The Labute approximate surface area is 177 Å². The van der Waals surface area contributed by atoms with Gasteiger partial charge in [0.1, 0.15) is 30.4 Å². The molecule has 0 bridgehead atoms. The Morgan fingerprint density at radius 2 is 1.80 bits per heavy atom. The summed E-state index contributed by atoms with van der Waals surface area (Å²) in [4.78, 5) is 1.61. The van der Waals surface area contributed by atoms with Crippen LogP contribution >= 0.6 is 0 Å². The van der Waals surface area contributed by atoms with Crippen molar-refractivity contribution in [2.45, 2.75) is 19.8 Å². The maximum Gasteiger partial charge on any atom is 0.137 e. The van der Waals surface area contributed by atoms with E-state index in [9.17, 15) is 5.11 Å². The van der Waals surface area contributed by atoms with E-state index in [0.29, 0.717) is 17.9 Å². The number of quaternary nitrogens is 1. The molecule has 1 saturated heterocycles. The number of aromatic hydroxyl groups is 1. The van der Waals surface area contributed by atoms with Gasteiger partial charge >= 0.3 is 0 Å². The number of hydrogen-bond donors (Lipinski definition) is 3. The fraction of sp³-hybridized carbons (Fsp3) is 0.375. The van der Waals surface area contributed by atoms with Gasteiger partial charge in [-0.1, -0.05) is 19.1 Å². The van der Waals surface area contributed by atoms with Crippen molar-refractivity contribution in [2.75, 3.05) is 33.4 Å². The SMILES string of the molecule is COc1ccc(-c2cn[nH]c2-c2ccc(OCC[NH+]3CCC(C)CC3)cc2O)cc1. The highest BCUT2D eigenvalue weighted by Gasteiger charge is 2.19. The number of nitrogens with one attached hydrogen (secondary N) is 2. The molecule has 3 aromatic rings. The molecule has 0 aliphatic carbocycles. The van der Waals surface area contributed by atoms with Crippen LogP contribution in [0.15, 0.2) is 48.7 Å². The van der Waals surface area contributed by atoms with E-state index in [4.69, 9.17) is 9.47 Å². The third-order valence-corrected chi connectivity index (χ3v) is 5.98. The molecule has 0 spiro atoms. The Morgan fingerprint density at radius 1 is 1.07 bits per heavy atom. The normalized spacial score (nSPS) is 18.9. The molecule has 3 N–H and O–H groups in total. The highest BCUT2D eigenvalue weighted by Crippen LogP contribution is 2.37. The fourth-order valence-electron chi connectivity index (χ4n) is 4.03. The highest BCUT2D eigenvalue weighted by atomic mass is 16.5. The second-order valence-electron chi connectivity index (χ2n) is 8.10. The summed E-state index contributed by atoms with van der Waals surface area (Å²) in [6, 6.07) is 13.2. The Balaban J connectivity index is 1.43. The van der Waals surface area contributed by atoms with Gasteiger partial charge in [-0.25, -0.2) is 0 Å². The molecule has 2 heterocycles. The molecule has 6 heteroatoms. The fourth-order valence-corrected chi connectivity index (χ4v) is 4.03. The summed E-state index contributed by atoms with van der Waals surface area (Å²) in [5.74, 6) is 2.51. The second kappa shape index (κ2) is 9.22. The number of ether oxygens (including phenoxy) is 2. The Kier molecular flexibility index (Phi) is 6.23. The van der Waals surface area contributed by atoms with Crippen LogP contribution in [0.4, 0.5) is 0 Å². The van der Waals surface area contributed by atoms with Gasteiger partial charge in [-0.3, -0.25) is 5.10 Å². The Morgan fingerprint density at radius 3 is 2.50 bits per heavy atom. The summed E-state index contributed by atoms with van der Waals surface area (Å²) < 4.78 is 11.1. The molecule has 6 nitrogen and oxygen atoms in total. The third kappa shape index (κ3) is 4.60. The summed E-state index contributed by atoms with van der Waals surface area (Å²) in [7, 11) is 1.65. The van der Waals surface area contributed by atoms with E-state index >= 15 is 0 Å². The summed E-state index contributed by atoms with van der Waals surface area (Å²) in [5, 5.41) is 17.8. The molecule has 1 aliphatic rings. The third-order valence-electron chi connectivity index (χ3n) is 5.98. The van der Waals surface area contributed by atoms with Gasteiger partial charge in [0.25, 0.3) is 0 Å². The molecular weight excluding hydrogens is 378 g/mol. The summed E-state index contributed by atoms with van der Waals surface area (Å²) in [6.45, 7) is 6.43. The average molecular weight is 409 g/mol. The van der Waals surface area contributed by atoms with E-state index in [1.165, 1.54) is 25.9 Å². The zero-order valence-electron chi connectivity index (χ0n) is 17.6. The van der Waals surface area contributed by atoms with Gasteiger partial charge in [0.05, 0.1) is 32.1 Å². The molecule has 0 radical (unpaired) electrons. The lowest BCUT2D eigenvalue weighted by Gasteiger charge is -2.27. The first-order valence-electron chi connectivity index (χ1n) is 10.6. The molecule has 1 fully saturated rings. The number of phenols is 1. The first kappa shape index (κ1) is 20.3. The number of likely N-dealkylation sites (tertiary alicyclic amines) is 1. The number of hydrogen-bond acceptors (Lipinski definition) is 4. The number of H-pyrrole nitrogens is 1. The first-order chi connectivity index (χ1) is 14.6. The van der Waals surface area contributed by atoms with Gasteiger partial charge in [-0.15, -0.1) is 0 Å². The summed E-state index contributed by atoms with van der Waals surface area (Å²) in [5.41, 5.74) is 3.39. The van der Waals surface area contributed by atoms with Crippen LogP contribution in [0.5, 0.6) is 17.2 Å². The van der Waals surface area contributed by atoms with Crippen LogP contribution in [-0.2, 0) is 0 Å². The van der Waals surface area contributed by atoms with E-state index < -0.39 is 0 Å².